The number of carbonyl (C=O) groups is 1. The first-order chi connectivity index (χ1) is 5.65. The Bertz CT molecular complexity index is 370. The number of hydrogen-bond donors (Lipinski definition) is 1. The van der Waals surface area contributed by atoms with Crippen molar-refractivity contribution in [2.45, 2.75) is 0 Å². The van der Waals surface area contributed by atoms with Gasteiger partial charge in [-0.3, -0.25) is 0 Å². The summed E-state index contributed by atoms with van der Waals surface area (Å²) >= 11 is 0. The normalized spacial score (nSPS) is 9.00. The Morgan fingerprint density at radius 1 is 1.75 bits per heavy atom. The van der Waals surface area contributed by atoms with E-state index in [0.717, 1.165) is 6.07 Å². The molecule has 0 aromatic carbocycles. The smallest absolute Gasteiger partial charge is 0.354 e. The van der Waals surface area contributed by atoms with E-state index in [9.17, 15) is 9.18 Å². The molecule has 0 aliphatic heterocycles. The van der Waals surface area contributed by atoms with Crippen LogP contribution in [0.15, 0.2) is 12.3 Å². The molecule has 0 fully saturated rings. The van der Waals surface area contributed by atoms with E-state index >= 15 is 0 Å². The Kier molecular flexibility index (Phi) is 2.01. The van der Waals surface area contributed by atoms with E-state index in [1.807, 2.05) is 0 Å². The van der Waals surface area contributed by atoms with E-state index in [1.165, 1.54) is 6.07 Å². The van der Waals surface area contributed by atoms with Crippen LogP contribution in [0.1, 0.15) is 16.1 Å². The van der Waals surface area contributed by atoms with Crippen LogP contribution in [0.2, 0.25) is 0 Å². The number of nitrogens with zero attached hydrogens (tertiary/aromatic N) is 2. The van der Waals surface area contributed by atoms with Gasteiger partial charge in [-0.05, 0) is 6.07 Å². The number of aromatic nitrogens is 1. The molecule has 1 aromatic heterocycles. The average molecular weight is 166 g/mol. The molecule has 0 saturated carbocycles. The summed E-state index contributed by atoms with van der Waals surface area (Å²) in [6.45, 7) is 0. The minimum Gasteiger partial charge on any atom is -0.477 e. The highest BCUT2D eigenvalue weighted by Crippen LogP contribution is 2.05. The van der Waals surface area contributed by atoms with Crippen LogP contribution >= 0.6 is 0 Å². The Labute approximate surface area is 66.9 Å². The lowest BCUT2D eigenvalue weighted by molar-refractivity contribution is 0.0690. The summed E-state index contributed by atoms with van der Waals surface area (Å²) in [7, 11) is 0. The van der Waals surface area contributed by atoms with Gasteiger partial charge in [0.1, 0.15) is 11.8 Å². The molecule has 0 atom stereocenters. The van der Waals surface area contributed by atoms with Crippen LogP contribution in [0.3, 0.4) is 0 Å². The number of hydrogen-bond acceptors (Lipinski definition) is 3. The number of aromatic carboxylic acids is 1. The van der Waals surface area contributed by atoms with Crippen molar-refractivity contribution >= 4 is 5.97 Å². The van der Waals surface area contributed by atoms with Crippen molar-refractivity contribution in [3.63, 3.8) is 0 Å². The summed E-state index contributed by atoms with van der Waals surface area (Å²) in [5.74, 6) is -2.10. The highest BCUT2D eigenvalue weighted by Gasteiger charge is 2.08. The molecule has 0 spiro atoms. The van der Waals surface area contributed by atoms with Gasteiger partial charge >= 0.3 is 5.97 Å². The van der Waals surface area contributed by atoms with Crippen LogP contribution in [0, 0.1) is 17.1 Å². The van der Waals surface area contributed by atoms with Crippen LogP contribution in [0.25, 0.3) is 0 Å². The quantitative estimate of drug-likeness (QED) is 0.669. The molecule has 1 rings (SSSR count). The monoisotopic (exact) mass is 166 g/mol. The van der Waals surface area contributed by atoms with Gasteiger partial charge in [0.25, 0.3) is 0 Å². The predicted molar refractivity (Wildman–Crippen MR) is 35.9 cm³/mol. The third-order valence-electron chi connectivity index (χ3n) is 1.19. The van der Waals surface area contributed by atoms with Crippen molar-refractivity contribution in [3.8, 4) is 6.07 Å². The van der Waals surface area contributed by atoms with E-state index in [-0.39, 0.29) is 11.3 Å². The van der Waals surface area contributed by atoms with Crippen LogP contribution in [0.5, 0.6) is 0 Å². The molecule has 12 heavy (non-hydrogen) atoms. The van der Waals surface area contributed by atoms with Gasteiger partial charge in [0.05, 0.1) is 11.8 Å². The maximum Gasteiger partial charge on any atom is 0.354 e. The first-order valence-corrected chi connectivity index (χ1v) is 2.94. The van der Waals surface area contributed by atoms with Crippen LogP contribution in [-0.2, 0) is 0 Å². The van der Waals surface area contributed by atoms with Gasteiger partial charge in [-0.25, -0.2) is 14.2 Å². The molecule has 0 aliphatic rings. The van der Waals surface area contributed by atoms with Gasteiger partial charge in [0.15, 0.2) is 5.82 Å². The molecular formula is C7H3FN2O2. The summed E-state index contributed by atoms with van der Waals surface area (Å²) in [5.41, 5.74) is -0.657. The lowest BCUT2D eigenvalue weighted by Crippen LogP contribution is -2.01. The Morgan fingerprint density at radius 3 is 2.92 bits per heavy atom. The summed E-state index contributed by atoms with van der Waals surface area (Å²) in [5, 5.41) is 16.7. The van der Waals surface area contributed by atoms with E-state index in [0.29, 0.717) is 6.20 Å². The third-order valence-corrected chi connectivity index (χ3v) is 1.19. The van der Waals surface area contributed by atoms with Gasteiger partial charge < -0.3 is 5.11 Å². The molecule has 1 aromatic rings. The van der Waals surface area contributed by atoms with Gasteiger partial charge in [0.2, 0.25) is 0 Å². The number of pyridine rings is 1. The molecule has 0 amide bonds. The predicted octanol–water partition coefficient (Wildman–Crippen LogP) is 0.791. The number of carboxylic acid groups (broad SMARTS) is 1. The second kappa shape index (κ2) is 2.96. The van der Waals surface area contributed by atoms with E-state index in [2.05, 4.69) is 4.98 Å². The van der Waals surface area contributed by atoms with E-state index < -0.39 is 11.8 Å². The largest absolute Gasteiger partial charge is 0.477 e. The van der Waals surface area contributed by atoms with E-state index in [4.69, 9.17) is 10.4 Å². The minimum atomic E-state index is -1.29. The summed E-state index contributed by atoms with van der Waals surface area (Å²) < 4.78 is 12.6. The summed E-state index contributed by atoms with van der Waals surface area (Å²) in [6.07, 6.45) is 0.710. The second-order valence-electron chi connectivity index (χ2n) is 1.97. The molecule has 4 nitrogen and oxygen atoms in total. The molecule has 0 radical (unpaired) electrons. The fourth-order valence-corrected chi connectivity index (χ4v) is 0.641. The first kappa shape index (κ1) is 8.14. The first-order valence-electron chi connectivity index (χ1n) is 2.94. The topological polar surface area (TPSA) is 74.0 Å². The van der Waals surface area contributed by atoms with E-state index in [1.54, 1.807) is 0 Å². The summed E-state index contributed by atoms with van der Waals surface area (Å²) in [4.78, 5) is 13.5. The molecule has 0 unspecified atom stereocenters. The highest BCUT2D eigenvalue weighted by molar-refractivity contribution is 5.85. The summed E-state index contributed by atoms with van der Waals surface area (Å²) in [6, 6.07) is 2.40. The van der Waals surface area contributed by atoms with Crippen LogP contribution < -0.4 is 0 Å². The van der Waals surface area contributed by atoms with Gasteiger partial charge in [-0.1, -0.05) is 0 Å². The molecule has 1 heterocycles. The lowest BCUT2D eigenvalue weighted by atomic mass is 10.2. The maximum absolute atomic E-state index is 12.6. The molecule has 60 valence electrons. The van der Waals surface area contributed by atoms with Crippen LogP contribution in [0.4, 0.5) is 4.39 Å². The molecule has 0 aliphatic carbocycles. The Hall–Kier alpha value is -1.96. The molecule has 0 bridgehead atoms. The van der Waals surface area contributed by atoms with Crippen molar-refractivity contribution in [1.29, 1.82) is 5.26 Å². The third kappa shape index (κ3) is 1.37. The fraction of sp³-hybridized carbons (Fsp3) is 0. The molecule has 0 saturated heterocycles. The van der Waals surface area contributed by atoms with Crippen molar-refractivity contribution < 1.29 is 14.3 Å². The zero-order valence-electron chi connectivity index (χ0n) is 5.78. The second-order valence-corrected chi connectivity index (χ2v) is 1.97. The molecular weight excluding hydrogens is 163 g/mol. The highest BCUT2D eigenvalue weighted by atomic mass is 19.1. The minimum absolute atomic E-state index is 0.317. The van der Waals surface area contributed by atoms with Gasteiger partial charge in [-0.2, -0.15) is 5.26 Å². The van der Waals surface area contributed by atoms with Crippen molar-refractivity contribution in [1.82, 2.24) is 4.98 Å². The SMILES string of the molecule is N#Cc1cc(C(=O)O)ncc1F. The fourth-order valence-electron chi connectivity index (χ4n) is 0.641. The Balaban J connectivity index is 3.25. The zero-order valence-corrected chi connectivity index (χ0v) is 5.78. The lowest BCUT2D eigenvalue weighted by Gasteiger charge is -1.94. The van der Waals surface area contributed by atoms with Crippen molar-refractivity contribution in [3.05, 3.63) is 29.3 Å². The number of nitriles is 1. The van der Waals surface area contributed by atoms with Gasteiger partial charge in [0, 0.05) is 0 Å². The Morgan fingerprint density at radius 2 is 2.42 bits per heavy atom. The molecule has 1 N–H and O–H groups in total. The van der Waals surface area contributed by atoms with Crippen molar-refractivity contribution in [2.75, 3.05) is 0 Å². The molecule has 5 heteroatoms. The average Bonchev–Trinajstić information content (AvgIpc) is 2.05. The van der Waals surface area contributed by atoms with Gasteiger partial charge in [-0.15, -0.1) is 0 Å². The number of carboxylic acids is 1. The maximum atomic E-state index is 12.6. The number of rotatable bonds is 1. The standard InChI is InChI=1S/C7H3FN2O2/c8-5-3-10-6(7(11)12)1-4(5)2-9/h1,3H,(H,11,12). The number of halogens is 1. The van der Waals surface area contributed by atoms with Crippen molar-refractivity contribution in [2.24, 2.45) is 0 Å². The zero-order chi connectivity index (χ0) is 9.14. The van der Waals surface area contributed by atoms with Crippen LogP contribution in [-0.4, -0.2) is 16.1 Å².